The van der Waals surface area contributed by atoms with Crippen LogP contribution in [0, 0.1) is 0 Å². The van der Waals surface area contributed by atoms with Crippen molar-refractivity contribution in [2.45, 2.75) is 448 Å². The molecule has 0 aromatic carbocycles. The molecule has 1 aliphatic heterocycles. The molecule has 0 bridgehead atoms. The molecule has 1 fully saturated rings. The lowest BCUT2D eigenvalue weighted by Gasteiger charge is -2.40. The highest BCUT2D eigenvalue weighted by atomic mass is 16.7. The number of ether oxygens (including phenoxy) is 2. The number of hydrogen-bond acceptors (Lipinski definition) is 8. The number of nitrogens with one attached hydrogen (secondary N) is 1. The number of aliphatic hydroxyl groups excluding tert-OH is 5. The van der Waals surface area contributed by atoms with E-state index in [0.29, 0.717) is 6.42 Å². The molecule has 7 unspecified atom stereocenters. The molecule has 1 rings (SSSR count). The monoisotopic (exact) mass is 1220 g/mol. The summed E-state index contributed by atoms with van der Waals surface area (Å²) in [6, 6.07) is -0.821. The van der Waals surface area contributed by atoms with Crippen LogP contribution < -0.4 is 5.32 Å². The molecule has 0 aromatic rings. The van der Waals surface area contributed by atoms with E-state index >= 15 is 0 Å². The summed E-state index contributed by atoms with van der Waals surface area (Å²) in [6.07, 6.45) is 81.9. The lowest BCUT2D eigenvalue weighted by molar-refractivity contribution is -0.302. The Bertz CT molecular complexity index is 1410. The Morgan fingerprint density at radius 2 is 0.663 bits per heavy atom. The molecule has 7 atom stereocenters. The lowest BCUT2D eigenvalue weighted by atomic mass is 9.99. The molecule has 1 saturated heterocycles. The molecular formula is C77H149NO8. The van der Waals surface area contributed by atoms with Crippen LogP contribution in [-0.4, -0.2) is 87.5 Å². The van der Waals surface area contributed by atoms with Crippen LogP contribution in [0.1, 0.15) is 406 Å². The fraction of sp³-hybridized carbons (Fsp3) is 0.935. The molecule has 510 valence electrons. The van der Waals surface area contributed by atoms with Crippen LogP contribution in [0.25, 0.3) is 0 Å². The lowest BCUT2D eigenvalue weighted by Crippen LogP contribution is -2.60. The van der Waals surface area contributed by atoms with Gasteiger partial charge in [0.15, 0.2) is 6.29 Å². The third-order valence-corrected chi connectivity index (χ3v) is 18.8. The Morgan fingerprint density at radius 1 is 0.384 bits per heavy atom. The van der Waals surface area contributed by atoms with Crippen LogP contribution in [0.4, 0.5) is 0 Å². The van der Waals surface area contributed by atoms with Gasteiger partial charge in [-0.05, 0) is 32.1 Å². The van der Waals surface area contributed by atoms with E-state index < -0.39 is 49.5 Å². The van der Waals surface area contributed by atoms with Gasteiger partial charge >= 0.3 is 0 Å². The van der Waals surface area contributed by atoms with Gasteiger partial charge in [-0.3, -0.25) is 4.79 Å². The highest BCUT2D eigenvalue weighted by molar-refractivity contribution is 5.76. The molecule has 9 nitrogen and oxygen atoms in total. The van der Waals surface area contributed by atoms with Crippen molar-refractivity contribution in [1.29, 1.82) is 0 Å². The fourth-order valence-corrected chi connectivity index (χ4v) is 12.8. The largest absolute Gasteiger partial charge is 0.394 e. The maximum Gasteiger partial charge on any atom is 0.220 e. The molecule has 86 heavy (non-hydrogen) atoms. The molecule has 1 aliphatic rings. The van der Waals surface area contributed by atoms with Crippen molar-refractivity contribution in [3.63, 3.8) is 0 Å². The van der Waals surface area contributed by atoms with Gasteiger partial charge in [0.1, 0.15) is 24.4 Å². The number of rotatable bonds is 69. The number of unbranched alkanes of at least 4 members (excludes halogenated alkanes) is 57. The van der Waals surface area contributed by atoms with Gasteiger partial charge in [0.2, 0.25) is 5.91 Å². The zero-order valence-electron chi connectivity index (χ0n) is 57.4. The standard InChI is InChI=1S/C77H149NO8/c1-3-5-7-9-11-13-15-17-19-21-23-25-27-29-30-31-32-33-34-35-36-37-38-39-40-41-43-45-47-49-51-53-55-57-59-61-63-65-67-73(81)78-70(69-85-77-76(84)75(83)74(82)72(68-79)86-77)71(80)66-64-62-60-58-56-54-52-50-48-46-44-42-28-26-24-22-20-18-16-14-12-10-8-6-4-2/h56,58,64,66,70-72,74-77,79-80,82-84H,3-55,57,59-63,65,67-69H2,1-2H3,(H,78,81)/b58-56+,66-64+. The van der Waals surface area contributed by atoms with Gasteiger partial charge in [0, 0.05) is 6.42 Å². The van der Waals surface area contributed by atoms with Crippen LogP contribution in [-0.2, 0) is 14.3 Å². The summed E-state index contributed by atoms with van der Waals surface area (Å²) in [5.74, 6) is -0.177. The minimum atomic E-state index is -1.57. The average Bonchev–Trinajstić information content (AvgIpc) is 3.24. The summed E-state index contributed by atoms with van der Waals surface area (Å²) in [7, 11) is 0. The van der Waals surface area contributed by atoms with Crippen LogP contribution in [0.5, 0.6) is 0 Å². The number of aliphatic hydroxyl groups is 5. The van der Waals surface area contributed by atoms with E-state index in [-0.39, 0.29) is 12.5 Å². The van der Waals surface area contributed by atoms with Crippen LogP contribution in [0.2, 0.25) is 0 Å². The molecule has 0 saturated carbocycles. The minimum Gasteiger partial charge on any atom is -0.394 e. The first-order valence-electron chi connectivity index (χ1n) is 38.6. The van der Waals surface area contributed by atoms with E-state index in [9.17, 15) is 30.3 Å². The van der Waals surface area contributed by atoms with E-state index in [1.807, 2.05) is 6.08 Å². The van der Waals surface area contributed by atoms with Gasteiger partial charge in [0.05, 0.1) is 25.4 Å². The Morgan fingerprint density at radius 3 is 0.977 bits per heavy atom. The number of amides is 1. The van der Waals surface area contributed by atoms with E-state index in [2.05, 4.69) is 31.3 Å². The average molecular weight is 1220 g/mol. The first-order valence-corrected chi connectivity index (χ1v) is 38.6. The van der Waals surface area contributed by atoms with Crippen LogP contribution >= 0.6 is 0 Å². The predicted octanol–water partition coefficient (Wildman–Crippen LogP) is 21.6. The highest BCUT2D eigenvalue weighted by Gasteiger charge is 2.44. The first-order chi connectivity index (χ1) is 42.3. The summed E-state index contributed by atoms with van der Waals surface area (Å²) in [6.45, 7) is 3.83. The highest BCUT2D eigenvalue weighted by Crippen LogP contribution is 2.24. The van der Waals surface area contributed by atoms with Crippen molar-refractivity contribution in [3.8, 4) is 0 Å². The Labute approximate surface area is 534 Å². The van der Waals surface area contributed by atoms with Crippen LogP contribution in [0.15, 0.2) is 24.3 Å². The van der Waals surface area contributed by atoms with Gasteiger partial charge in [-0.1, -0.05) is 391 Å². The second-order valence-electron chi connectivity index (χ2n) is 27.2. The summed E-state index contributed by atoms with van der Waals surface area (Å²) in [5.41, 5.74) is 0. The quantitative estimate of drug-likeness (QED) is 0.0261. The SMILES string of the molecule is CCCCCCCCCCCCCCCCCCCCC/C=C/CC/C=C/C(O)C(COC1OC(CO)C(O)C(O)C1O)NC(=O)CCCCCCCCCCCCCCCCCCCCCCCCCCCCCCCCCCCCCCCC. The van der Waals surface area contributed by atoms with Crippen molar-refractivity contribution in [2.75, 3.05) is 13.2 Å². The predicted molar refractivity (Wildman–Crippen MR) is 369 cm³/mol. The molecule has 6 N–H and O–H groups in total. The minimum absolute atomic E-state index is 0.177. The maximum atomic E-state index is 13.1. The van der Waals surface area contributed by atoms with E-state index in [1.165, 1.54) is 347 Å². The van der Waals surface area contributed by atoms with Crippen molar-refractivity contribution in [2.24, 2.45) is 0 Å². The van der Waals surface area contributed by atoms with Gasteiger partial charge in [-0.25, -0.2) is 0 Å². The molecular weight excluding hydrogens is 1070 g/mol. The number of carbonyl (C=O) groups excluding carboxylic acids is 1. The Kier molecular flexibility index (Phi) is 64.0. The van der Waals surface area contributed by atoms with E-state index in [0.717, 1.165) is 38.5 Å². The summed E-state index contributed by atoms with van der Waals surface area (Å²) >= 11 is 0. The molecule has 1 heterocycles. The van der Waals surface area contributed by atoms with Gasteiger partial charge < -0.3 is 40.3 Å². The molecule has 0 aromatic heterocycles. The maximum absolute atomic E-state index is 13.1. The summed E-state index contributed by atoms with van der Waals surface area (Å²) in [4.78, 5) is 13.1. The second-order valence-corrected chi connectivity index (χ2v) is 27.2. The normalized spacial score (nSPS) is 18.1. The van der Waals surface area contributed by atoms with Crippen LogP contribution in [0.3, 0.4) is 0 Å². The van der Waals surface area contributed by atoms with Crippen molar-refractivity contribution in [3.05, 3.63) is 24.3 Å². The first kappa shape index (κ1) is 82.7. The van der Waals surface area contributed by atoms with Crippen molar-refractivity contribution < 1.29 is 39.8 Å². The third-order valence-electron chi connectivity index (χ3n) is 18.8. The second kappa shape index (κ2) is 66.6. The van der Waals surface area contributed by atoms with Gasteiger partial charge in [0.25, 0.3) is 0 Å². The zero-order valence-corrected chi connectivity index (χ0v) is 57.4. The molecule has 1 amide bonds. The van der Waals surface area contributed by atoms with E-state index in [4.69, 9.17) is 9.47 Å². The Hall–Kier alpha value is -1.33. The fourth-order valence-electron chi connectivity index (χ4n) is 12.8. The molecule has 0 spiro atoms. The third kappa shape index (κ3) is 54.4. The van der Waals surface area contributed by atoms with Crippen molar-refractivity contribution >= 4 is 5.91 Å². The molecule has 0 aliphatic carbocycles. The topological polar surface area (TPSA) is 149 Å². The Balaban J connectivity index is 2.06. The number of carbonyl (C=O) groups is 1. The van der Waals surface area contributed by atoms with E-state index in [1.54, 1.807) is 6.08 Å². The summed E-state index contributed by atoms with van der Waals surface area (Å²) < 4.78 is 11.3. The van der Waals surface area contributed by atoms with Gasteiger partial charge in [-0.15, -0.1) is 0 Å². The zero-order chi connectivity index (χ0) is 62.1. The van der Waals surface area contributed by atoms with Gasteiger partial charge in [-0.2, -0.15) is 0 Å². The molecule has 9 heteroatoms. The number of allylic oxidation sites excluding steroid dienone is 3. The molecule has 0 radical (unpaired) electrons. The summed E-state index contributed by atoms with van der Waals surface area (Å²) in [5, 5.41) is 54.8. The number of hydrogen-bond donors (Lipinski definition) is 6. The smallest absolute Gasteiger partial charge is 0.220 e. The van der Waals surface area contributed by atoms with Crippen molar-refractivity contribution in [1.82, 2.24) is 5.32 Å².